The van der Waals surface area contributed by atoms with Crippen LogP contribution in [0.2, 0.25) is 0 Å². The summed E-state index contributed by atoms with van der Waals surface area (Å²) in [6.07, 6.45) is 14.1. The van der Waals surface area contributed by atoms with Crippen LogP contribution in [-0.4, -0.2) is 16.9 Å². The first kappa shape index (κ1) is 28.4. The molecule has 0 radical (unpaired) electrons. The van der Waals surface area contributed by atoms with Gasteiger partial charge in [0.15, 0.2) is 5.11 Å². The third-order valence-corrected chi connectivity index (χ3v) is 5.95. The van der Waals surface area contributed by atoms with Crippen LogP contribution >= 0.6 is 12.2 Å². The number of benzene rings is 2. The molecule has 0 spiro atoms. The number of rotatable bonds is 15. The Bertz CT molecular complexity index is 934. The third-order valence-electron chi connectivity index (χ3n) is 5.75. The lowest BCUT2D eigenvalue weighted by atomic mass is 10.1. The van der Waals surface area contributed by atoms with E-state index < -0.39 is 0 Å². The van der Waals surface area contributed by atoms with Crippen LogP contribution in [0.5, 0.6) is 0 Å². The molecule has 0 unspecified atom stereocenters. The Hall–Kier alpha value is -2.80. The predicted molar refractivity (Wildman–Crippen MR) is 146 cm³/mol. The van der Waals surface area contributed by atoms with Crippen molar-refractivity contribution in [3.8, 4) is 0 Å². The van der Waals surface area contributed by atoms with Crippen LogP contribution in [-0.2, 0) is 4.79 Å². The van der Waals surface area contributed by atoms with Crippen molar-refractivity contribution in [2.24, 2.45) is 0 Å². The number of thiocarbonyl (C=S) groups is 1. The monoisotopic (exact) mass is 499 g/mol. The van der Waals surface area contributed by atoms with E-state index in [1.807, 2.05) is 0 Å². The van der Waals surface area contributed by atoms with Crippen molar-refractivity contribution in [3.05, 3.63) is 59.9 Å². The van der Waals surface area contributed by atoms with E-state index >= 15 is 0 Å². The fourth-order valence-corrected chi connectivity index (χ4v) is 4.01. The van der Waals surface area contributed by atoms with Crippen LogP contribution in [0.25, 0.3) is 0 Å². The molecule has 0 aliphatic heterocycles. The molecule has 0 fully saturated rings. The largest absolute Gasteiger partial charge is 0.332 e. The minimum atomic E-state index is -0.367. The van der Waals surface area contributed by atoms with E-state index in [1.165, 1.54) is 75.6 Å². The van der Waals surface area contributed by atoms with E-state index in [0.29, 0.717) is 23.4 Å². The Labute approximate surface area is 214 Å². The molecular formula is C28H38FN3O2S. The van der Waals surface area contributed by atoms with Gasteiger partial charge < -0.3 is 16.0 Å². The number of amides is 2. The summed E-state index contributed by atoms with van der Waals surface area (Å²) in [6, 6.07) is 12.3. The molecule has 0 aliphatic rings. The highest BCUT2D eigenvalue weighted by Crippen LogP contribution is 2.15. The van der Waals surface area contributed by atoms with Gasteiger partial charge in [-0.15, -0.1) is 0 Å². The van der Waals surface area contributed by atoms with Crippen molar-refractivity contribution >= 4 is 40.5 Å². The first-order valence-corrected chi connectivity index (χ1v) is 13.2. The SMILES string of the molecule is CCCCCCCCCCCCCC(=O)NC(=S)Nc1cccc(C(=O)Nc2ccc(F)cc2)c1. The van der Waals surface area contributed by atoms with Gasteiger partial charge in [-0.1, -0.05) is 77.2 Å². The van der Waals surface area contributed by atoms with Crippen LogP contribution in [0.4, 0.5) is 15.8 Å². The highest BCUT2D eigenvalue weighted by Gasteiger charge is 2.09. The zero-order valence-electron chi connectivity index (χ0n) is 20.7. The van der Waals surface area contributed by atoms with Crippen molar-refractivity contribution in [3.63, 3.8) is 0 Å². The summed E-state index contributed by atoms with van der Waals surface area (Å²) < 4.78 is 13.0. The molecule has 0 atom stereocenters. The number of anilines is 2. The first-order valence-electron chi connectivity index (χ1n) is 12.8. The molecular weight excluding hydrogens is 461 g/mol. The van der Waals surface area contributed by atoms with Gasteiger partial charge in [-0.05, 0) is 61.1 Å². The smallest absolute Gasteiger partial charge is 0.255 e. The van der Waals surface area contributed by atoms with E-state index in [1.54, 1.807) is 24.3 Å². The van der Waals surface area contributed by atoms with E-state index in [0.717, 1.165) is 19.3 Å². The lowest BCUT2D eigenvalue weighted by Gasteiger charge is -2.11. The van der Waals surface area contributed by atoms with E-state index in [2.05, 4.69) is 22.9 Å². The summed E-state index contributed by atoms with van der Waals surface area (Å²) in [5.74, 6) is -0.802. The molecule has 2 rings (SSSR count). The molecule has 0 aromatic heterocycles. The van der Waals surface area contributed by atoms with Crippen LogP contribution in [0, 0.1) is 5.82 Å². The van der Waals surface area contributed by atoms with Crippen molar-refractivity contribution < 1.29 is 14.0 Å². The van der Waals surface area contributed by atoms with Gasteiger partial charge in [0.25, 0.3) is 5.91 Å². The molecule has 35 heavy (non-hydrogen) atoms. The second-order valence-electron chi connectivity index (χ2n) is 8.83. The van der Waals surface area contributed by atoms with Gasteiger partial charge in [0.1, 0.15) is 5.82 Å². The van der Waals surface area contributed by atoms with E-state index in [9.17, 15) is 14.0 Å². The fraction of sp³-hybridized carbons (Fsp3) is 0.464. The van der Waals surface area contributed by atoms with Gasteiger partial charge in [-0.2, -0.15) is 0 Å². The summed E-state index contributed by atoms with van der Waals surface area (Å²) in [6.45, 7) is 2.24. The van der Waals surface area contributed by atoms with Gasteiger partial charge in [0, 0.05) is 23.4 Å². The molecule has 2 aromatic carbocycles. The second-order valence-corrected chi connectivity index (χ2v) is 9.24. The van der Waals surface area contributed by atoms with Gasteiger partial charge in [-0.25, -0.2) is 4.39 Å². The summed E-state index contributed by atoms with van der Waals surface area (Å²) in [4.78, 5) is 24.6. The van der Waals surface area contributed by atoms with Crippen molar-refractivity contribution in [2.45, 2.75) is 84.0 Å². The lowest BCUT2D eigenvalue weighted by Crippen LogP contribution is -2.34. The summed E-state index contributed by atoms with van der Waals surface area (Å²) >= 11 is 5.25. The Balaban J connectivity index is 1.62. The number of carbonyl (C=O) groups is 2. The highest BCUT2D eigenvalue weighted by molar-refractivity contribution is 7.80. The zero-order valence-corrected chi connectivity index (χ0v) is 21.5. The molecule has 2 amide bonds. The average Bonchev–Trinajstić information content (AvgIpc) is 2.84. The predicted octanol–water partition coefficient (Wildman–Crippen LogP) is 7.59. The maximum atomic E-state index is 13.0. The Morgan fingerprint density at radius 1 is 0.771 bits per heavy atom. The number of hydrogen-bond acceptors (Lipinski definition) is 3. The third kappa shape index (κ3) is 12.5. The molecule has 0 heterocycles. The molecule has 0 saturated heterocycles. The van der Waals surface area contributed by atoms with Gasteiger partial charge in [-0.3, -0.25) is 9.59 Å². The Morgan fingerprint density at radius 3 is 2.00 bits per heavy atom. The van der Waals surface area contributed by atoms with Crippen molar-refractivity contribution in [1.29, 1.82) is 0 Å². The molecule has 0 bridgehead atoms. The molecule has 7 heteroatoms. The van der Waals surface area contributed by atoms with E-state index in [-0.39, 0.29) is 22.7 Å². The molecule has 190 valence electrons. The molecule has 3 N–H and O–H groups in total. The van der Waals surface area contributed by atoms with E-state index in [4.69, 9.17) is 12.2 Å². The Morgan fingerprint density at radius 2 is 1.37 bits per heavy atom. The van der Waals surface area contributed by atoms with Crippen LogP contribution in [0.1, 0.15) is 94.3 Å². The van der Waals surface area contributed by atoms with Crippen LogP contribution in [0.3, 0.4) is 0 Å². The number of carbonyl (C=O) groups excluding carboxylic acids is 2. The zero-order chi connectivity index (χ0) is 25.3. The molecule has 0 aliphatic carbocycles. The van der Waals surface area contributed by atoms with Crippen LogP contribution in [0.15, 0.2) is 48.5 Å². The van der Waals surface area contributed by atoms with Crippen molar-refractivity contribution in [1.82, 2.24) is 5.32 Å². The standard InChI is InChI=1S/C28H38FN3O2S/c1-2-3-4-5-6-7-8-9-10-11-12-16-26(33)32-28(35)31-25-15-13-14-22(21-25)27(34)30-24-19-17-23(29)18-20-24/h13-15,17-21H,2-12,16H2,1H3,(H,30,34)(H2,31,32,33,35). The number of halogens is 1. The Kier molecular flexibility index (Phi) is 13.6. The number of unbranched alkanes of at least 4 members (excludes halogenated alkanes) is 10. The topological polar surface area (TPSA) is 70.2 Å². The average molecular weight is 500 g/mol. The van der Waals surface area contributed by atoms with Crippen LogP contribution < -0.4 is 16.0 Å². The highest BCUT2D eigenvalue weighted by atomic mass is 32.1. The number of nitrogens with one attached hydrogen (secondary N) is 3. The first-order chi connectivity index (χ1) is 17.0. The second kappa shape index (κ2) is 16.8. The molecule has 2 aromatic rings. The maximum Gasteiger partial charge on any atom is 0.255 e. The molecule has 5 nitrogen and oxygen atoms in total. The fourth-order valence-electron chi connectivity index (χ4n) is 3.78. The van der Waals surface area contributed by atoms with Gasteiger partial charge >= 0.3 is 0 Å². The maximum absolute atomic E-state index is 13.0. The minimum absolute atomic E-state index is 0.108. The normalized spacial score (nSPS) is 10.6. The summed E-state index contributed by atoms with van der Waals surface area (Å²) in [7, 11) is 0. The number of hydrogen-bond donors (Lipinski definition) is 3. The summed E-state index contributed by atoms with van der Waals surface area (Å²) in [5.41, 5.74) is 1.51. The lowest BCUT2D eigenvalue weighted by molar-refractivity contribution is -0.119. The van der Waals surface area contributed by atoms with Gasteiger partial charge in [0.05, 0.1) is 0 Å². The minimum Gasteiger partial charge on any atom is -0.332 e. The summed E-state index contributed by atoms with van der Waals surface area (Å²) in [5, 5.41) is 8.58. The molecule has 0 saturated carbocycles. The van der Waals surface area contributed by atoms with Crippen molar-refractivity contribution in [2.75, 3.05) is 10.6 Å². The van der Waals surface area contributed by atoms with Gasteiger partial charge in [0.2, 0.25) is 5.91 Å². The quantitative estimate of drug-likeness (QED) is 0.174.